The number of carbonyl (C=O) groups excluding carboxylic acids is 1. The highest BCUT2D eigenvalue weighted by Gasteiger charge is 2.14. The average molecular weight is 266 g/mol. The second kappa shape index (κ2) is 4.56. The van der Waals surface area contributed by atoms with Crippen molar-refractivity contribution in [2.45, 2.75) is 13.8 Å². The van der Waals surface area contributed by atoms with Gasteiger partial charge in [-0.15, -0.1) is 0 Å². The Hall–Kier alpha value is -2.49. The summed E-state index contributed by atoms with van der Waals surface area (Å²) in [5.74, 6) is -0.436. The van der Waals surface area contributed by atoms with Gasteiger partial charge >= 0.3 is 5.97 Å². The lowest BCUT2D eigenvalue weighted by Crippen LogP contribution is -2.05. The highest BCUT2D eigenvalue weighted by molar-refractivity contribution is 6.07. The summed E-state index contributed by atoms with van der Waals surface area (Å²) in [5.41, 5.74) is 4.20. The van der Waals surface area contributed by atoms with Crippen molar-refractivity contribution >= 4 is 27.8 Å². The van der Waals surface area contributed by atoms with E-state index in [-0.39, 0.29) is 0 Å². The van der Waals surface area contributed by atoms with Crippen LogP contribution in [0.5, 0.6) is 0 Å². The number of pyridine rings is 2. The zero-order valence-corrected chi connectivity index (χ0v) is 11.6. The average Bonchev–Trinajstić information content (AvgIpc) is 2.51. The number of nitrogens with zero attached hydrogens (tertiary/aromatic N) is 2. The maximum absolute atomic E-state index is 11.6. The maximum atomic E-state index is 11.6. The molecule has 20 heavy (non-hydrogen) atoms. The Morgan fingerprint density at radius 3 is 2.45 bits per heavy atom. The lowest BCUT2D eigenvalue weighted by molar-refractivity contribution is 0.0594. The molecule has 0 saturated carbocycles. The van der Waals surface area contributed by atoms with E-state index in [1.807, 2.05) is 18.2 Å². The smallest absolute Gasteiger partial charge is 0.356 e. The summed E-state index contributed by atoms with van der Waals surface area (Å²) in [6.45, 7) is 4.14. The summed E-state index contributed by atoms with van der Waals surface area (Å²) in [5, 5.41) is 2.08. The lowest BCUT2D eigenvalue weighted by atomic mass is 9.98. The van der Waals surface area contributed by atoms with Crippen LogP contribution in [-0.2, 0) is 4.74 Å². The number of fused-ring (bicyclic) bond motifs is 3. The number of benzene rings is 1. The van der Waals surface area contributed by atoms with Gasteiger partial charge in [0.05, 0.1) is 18.1 Å². The molecular weight excluding hydrogens is 252 g/mol. The fraction of sp³-hybridized carbons (Fsp3) is 0.188. The van der Waals surface area contributed by atoms with Gasteiger partial charge in [0.1, 0.15) is 5.69 Å². The number of rotatable bonds is 1. The molecule has 0 unspecified atom stereocenters. The van der Waals surface area contributed by atoms with Crippen molar-refractivity contribution < 1.29 is 9.53 Å². The van der Waals surface area contributed by atoms with Gasteiger partial charge in [0.25, 0.3) is 0 Å². The van der Waals surface area contributed by atoms with E-state index < -0.39 is 5.97 Å². The van der Waals surface area contributed by atoms with Crippen LogP contribution in [0.1, 0.15) is 21.6 Å². The molecular formula is C16H14N2O2. The summed E-state index contributed by atoms with van der Waals surface area (Å²) in [6.07, 6.45) is 1.74. The molecule has 0 N–H and O–H groups in total. The maximum Gasteiger partial charge on any atom is 0.356 e. The number of hydrogen-bond acceptors (Lipinski definition) is 4. The predicted octanol–water partition coefficient (Wildman–Crippen LogP) is 3.19. The van der Waals surface area contributed by atoms with Crippen LogP contribution in [0.4, 0.5) is 0 Å². The third-order valence-electron chi connectivity index (χ3n) is 3.69. The monoisotopic (exact) mass is 266 g/mol. The first-order valence-corrected chi connectivity index (χ1v) is 6.36. The first-order chi connectivity index (χ1) is 9.63. The molecule has 0 radical (unpaired) electrons. The topological polar surface area (TPSA) is 52.1 Å². The van der Waals surface area contributed by atoms with Crippen LogP contribution >= 0.6 is 0 Å². The second-order valence-electron chi connectivity index (χ2n) is 4.73. The Labute approximate surface area is 116 Å². The molecule has 3 rings (SSSR count). The van der Waals surface area contributed by atoms with Gasteiger partial charge in [-0.1, -0.05) is 12.1 Å². The van der Waals surface area contributed by atoms with Crippen LogP contribution in [0.2, 0.25) is 0 Å². The van der Waals surface area contributed by atoms with Gasteiger partial charge in [0, 0.05) is 17.0 Å². The van der Waals surface area contributed by atoms with Crippen molar-refractivity contribution in [3.63, 3.8) is 0 Å². The van der Waals surface area contributed by atoms with Crippen LogP contribution in [0.15, 0.2) is 30.5 Å². The van der Waals surface area contributed by atoms with E-state index in [1.54, 1.807) is 12.3 Å². The van der Waals surface area contributed by atoms with Crippen LogP contribution in [0, 0.1) is 13.8 Å². The minimum Gasteiger partial charge on any atom is -0.464 e. The molecule has 0 aliphatic heterocycles. The third-order valence-corrected chi connectivity index (χ3v) is 3.69. The number of aryl methyl sites for hydroxylation is 2. The molecule has 1 aromatic carbocycles. The minimum absolute atomic E-state index is 0.301. The molecule has 3 aromatic rings. The molecule has 100 valence electrons. The largest absolute Gasteiger partial charge is 0.464 e. The van der Waals surface area contributed by atoms with E-state index in [2.05, 4.69) is 23.8 Å². The number of methoxy groups -OCH3 is 1. The molecule has 0 bridgehead atoms. The molecule has 0 aliphatic rings. The van der Waals surface area contributed by atoms with Gasteiger partial charge in [0.15, 0.2) is 0 Å². The van der Waals surface area contributed by atoms with E-state index in [0.717, 1.165) is 27.4 Å². The summed E-state index contributed by atoms with van der Waals surface area (Å²) < 4.78 is 4.73. The number of ether oxygens (including phenoxy) is 1. The standard InChI is InChI=1S/C16H14N2O2/c1-9-10(2)12-6-7-13(16(19)20-3)18-15(12)14-11(9)5-4-8-17-14/h4-8H,1-3H3. The molecule has 0 spiro atoms. The predicted molar refractivity (Wildman–Crippen MR) is 77.9 cm³/mol. The fourth-order valence-corrected chi connectivity index (χ4v) is 2.46. The van der Waals surface area contributed by atoms with Crippen LogP contribution in [0.25, 0.3) is 21.8 Å². The molecule has 0 fully saturated rings. The van der Waals surface area contributed by atoms with Crippen LogP contribution in [-0.4, -0.2) is 23.0 Å². The van der Waals surface area contributed by atoms with Gasteiger partial charge in [0.2, 0.25) is 0 Å². The van der Waals surface area contributed by atoms with Crippen molar-refractivity contribution in [1.29, 1.82) is 0 Å². The van der Waals surface area contributed by atoms with Gasteiger partial charge in [-0.2, -0.15) is 0 Å². The number of aromatic nitrogens is 2. The van der Waals surface area contributed by atoms with Gasteiger partial charge in [-0.05, 0) is 37.1 Å². The molecule has 0 aliphatic carbocycles. The van der Waals surface area contributed by atoms with Crippen molar-refractivity contribution in [3.05, 3.63) is 47.3 Å². The van der Waals surface area contributed by atoms with Crippen molar-refractivity contribution in [1.82, 2.24) is 9.97 Å². The van der Waals surface area contributed by atoms with Crippen LogP contribution in [0.3, 0.4) is 0 Å². The molecule has 0 atom stereocenters. The van der Waals surface area contributed by atoms with Crippen molar-refractivity contribution in [3.8, 4) is 0 Å². The van der Waals surface area contributed by atoms with Crippen molar-refractivity contribution in [2.24, 2.45) is 0 Å². The SMILES string of the molecule is COC(=O)c1ccc2c(C)c(C)c3cccnc3c2n1. The summed E-state index contributed by atoms with van der Waals surface area (Å²) in [4.78, 5) is 20.5. The van der Waals surface area contributed by atoms with E-state index in [1.165, 1.54) is 12.7 Å². The number of carbonyl (C=O) groups is 1. The highest BCUT2D eigenvalue weighted by Crippen LogP contribution is 2.29. The summed E-state index contributed by atoms with van der Waals surface area (Å²) in [7, 11) is 1.35. The first-order valence-electron chi connectivity index (χ1n) is 6.36. The summed E-state index contributed by atoms with van der Waals surface area (Å²) in [6, 6.07) is 7.53. The minimum atomic E-state index is -0.436. The highest BCUT2D eigenvalue weighted by atomic mass is 16.5. The van der Waals surface area contributed by atoms with E-state index in [4.69, 9.17) is 4.74 Å². The molecule has 0 amide bonds. The Kier molecular flexibility index (Phi) is 2.86. The lowest BCUT2D eigenvalue weighted by Gasteiger charge is -2.11. The molecule has 2 heterocycles. The summed E-state index contributed by atoms with van der Waals surface area (Å²) >= 11 is 0. The second-order valence-corrected chi connectivity index (χ2v) is 4.73. The zero-order chi connectivity index (χ0) is 14.3. The van der Waals surface area contributed by atoms with Gasteiger partial charge in [-0.3, -0.25) is 4.98 Å². The third kappa shape index (κ3) is 1.72. The number of esters is 1. The normalized spacial score (nSPS) is 10.9. The first kappa shape index (κ1) is 12.5. The molecule has 0 saturated heterocycles. The van der Waals surface area contributed by atoms with Gasteiger partial charge < -0.3 is 4.74 Å². The Morgan fingerprint density at radius 2 is 1.75 bits per heavy atom. The van der Waals surface area contributed by atoms with E-state index in [9.17, 15) is 4.79 Å². The molecule has 2 aromatic heterocycles. The Bertz CT molecular complexity index is 841. The Morgan fingerprint density at radius 1 is 1.05 bits per heavy atom. The quantitative estimate of drug-likeness (QED) is 0.501. The van der Waals surface area contributed by atoms with Gasteiger partial charge in [-0.25, -0.2) is 9.78 Å². The van der Waals surface area contributed by atoms with E-state index in [0.29, 0.717) is 5.69 Å². The van der Waals surface area contributed by atoms with E-state index >= 15 is 0 Å². The zero-order valence-electron chi connectivity index (χ0n) is 11.6. The molecule has 4 heteroatoms. The fourth-order valence-electron chi connectivity index (χ4n) is 2.46. The van der Waals surface area contributed by atoms with Crippen LogP contribution < -0.4 is 0 Å². The molecule has 4 nitrogen and oxygen atoms in total. The Balaban J connectivity index is 2.47. The number of hydrogen-bond donors (Lipinski definition) is 0. The van der Waals surface area contributed by atoms with Crippen molar-refractivity contribution in [2.75, 3.05) is 7.11 Å².